The summed E-state index contributed by atoms with van der Waals surface area (Å²) in [5.41, 5.74) is 6.13. The van der Waals surface area contributed by atoms with Crippen LogP contribution in [0.2, 0.25) is 0 Å². The highest BCUT2D eigenvalue weighted by molar-refractivity contribution is 7.92. The van der Waals surface area contributed by atoms with Crippen molar-refractivity contribution in [1.82, 2.24) is 14.9 Å². The molecule has 0 amide bonds. The van der Waals surface area contributed by atoms with Gasteiger partial charge in [-0.25, -0.2) is 12.8 Å². The Labute approximate surface area is 227 Å². The zero-order chi connectivity index (χ0) is 27.2. The van der Waals surface area contributed by atoms with Gasteiger partial charge in [0, 0.05) is 23.3 Å². The van der Waals surface area contributed by atoms with Crippen LogP contribution >= 0.6 is 12.2 Å². The Balaban J connectivity index is 1.66. The summed E-state index contributed by atoms with van der Waals surface area (Å²) in [5.74, 6) is -0.302. The number of aromatic nitrogens is 2. The van der Waals surface area contributed by atoms with E-state index in [1.807, 2.05) is 66.6 Å². The molecule has 2 atom stereocenters. The molecule has 196 valence electrons. The third-order valence-corrected chi connectivity index (χ3v) is 7.67. The van der Waals surface area contributed by atoms with Crippen LogP contribution in [0.3, 0.4) is 0 Å². The molecular weight excluding hydrogens is 521 g/mol. The van der Waals surface area contributed by atoms with Crippen molar-refractivity contribution in [2.75, 3.05) is 15.9 Å². The third-order valence-electron chi connectivity index (χ3n) is 6.76. The van der Waals surface area contributed by atoms with Crippen LogP contribution in [0.15, 0.2) is 72.9 Å². The van der Waals surface area contributed by atoms with Gasteiger partial charge >= 0.3 is 0 Å². The maximum Gasteiger partial charge on any atom is 0.229 e. The molecular formula is C28H28FN5O2S2. The topological polar surface area (TPSA) is 79.3 Å². The summed E-state index contributed by atoms with van der Waals surface area (Å²) in [6.45, 7) is 5.78. The second kappa shape index (κ2) is 9.85. The lowest BCUT2D eigenvalue weighted by Crippen LogP contribution is -2.29. The van der Waals surface area contributed by atoms with E-state index in [0.717, 1.165) is 40.2 Å². The summed E-state index contributed by atoms with van der Waals surface area (Å²) in [5, 5.41) is 3.96. The van der Waals surface area contributed by atoms with Crippen LogP contribution in [-0.2, 0) is 10.0 Å². The highest BCUT2D eigenvalue weighted by atomic mass is 32.2. The zero-order valence-corrected chi connectivity index (χ0v) is 23.1. The molecule has 1 aliphatic rings. The van der Waals surface area contributed by atoms with E-state index >= 15 is 0 Å². The highest BCUT2D eigenvalue weighted by Gasteiger charge is 2.42. The molecule has 7 nitrogen and oxygen atoms in total. The first-order chi connectivity index (χ1) is 18.0. The van der Waals surface area contributed by atoms with Crippen molar-refractivity contribution in [3.05, 3.63) is 107 Å². The normalized spacial score (nSPS) is 17.5. The van der Waals surface area contributed by atoms with Gasteiger partial charge in [0.25, 0.3) is 0 Å². The summed E-state index contributed by atoms with van der Waals surface area (Å²) in [6, 6.07) is 19.5. The first kappa shape index (κ1) is 25.9. The molecule has 0 saturated carbocycles. The molecule has 0 aliphatic carbocycles. The van der Waals surface area contributed by atoms with Crippen LogP contribution in [0, 0.1) is 26.6 Å². The van der Waals surface area contributed by atoms with Crippen molar-refractivity contribution in [3.63, 3.8) is 0 Å². The van der Waals surface area contributed by atoms with Gasteiger partial charge in [-0.3, -0.25) is 9.71 Å². The van der Waals surface area contributed by atoms with Gasteiger partial charge in [-0.2, -0.15) is 0 Å². The monoisotopic (exact) mass is 549 g/mol. The lowest BCUT2D eigenvalue weighted by molar-refractivity contribution is 0.564. The van der Waals surface area contributed by atoms with E-state index in [1.165, 1.54) is 6.07 Å². The van der Waals surface area contributed by atoms with Crippen LogP contribution in [0.25, 0.3) is 5.69 Å². The summed E-state index contributed by atoms with van der Waals surface area (Å²) >= 11 is 5.85. The maximum atomic E-state index is 14.8. The average molecular weight is 550 g/mol. The van der Waals surface area contributed by atoms with Gasteiger partial charge in [0.05, 0.1) is 35.4 Å². The van der Waals surface area contributed by atoms with Crippen LogP contribution in [0.4, 0.5) is 15.8 Å². The summed E-state index contributed by atoms with van der Waals surface area (Å²) in [6.07, 6.45) is 2.87. The average Bonchev–Trinajstić information content (AvgIpc) is 3.36. The minimum absolute atomic E-state index is 0.271. The lowest BCUT2D eigenvalue weighted by Gasteiger charge is -2.29. The Bertz CT molecular complexity index is 1640. The first-order valence-corrected chi connectivity index (χ1v) is 14.4. The predicted octanol–water partition coefficient (Wildman–Crippen LogP) is 5.49. The number of benzene rings is 2. The number of pyridine rings is 1. The zero-order valence-electron chi connectivity index (χ0n) is 21.4. The fourth-order valence-corrected chi connectivity index (χ4v) is 6.13. The number of thiocarbonyl (C=S) groups is 1. The smallest absolute Gasteiger partial charge is 0.229 e. The van der Waals surface area contributed by atoms with Crippen molar-refractivity contribution < 1.29 is 12.8 Å². The molecule has 2 aromatic carbocycles. The van der Waals surface area contributed by atoms with Gasteiger partial charge in [0.2, 0.25) is 10.0 Å². The largest absolute Gasteiger partial charge is 0.351 e. The molecule has 0 spiro atoms. The van der Waals surface area contributed by atoms with Gasteiger partial charge in [0.15, 0.2) is 5.11 Å². The van der Waals surface area contributed by atoms with E-state index in [-0.39, 0.29) is 17.9 Å². The van der Waals surface area contributed by atoms with E-state index in [1.54, 1.807) is 24.4 Å². The number of para-hydroxylation sites is 1. The summed E-state index contributed by atoms with van der Waals surface area (Å²) < 4.78 is 42.9. The van der Waals surface area contributed by atoms with Crippen molar-refractivity contribution in [1.29, 1.82) is 0 Å². The molecule has 1 fully saturated rings. The molecule has 0 unspecified atom stereocenters. The SMILES string of the molecule is Cc1cc(N2C(=S)N[C@@H](c3ccccn3)[C@@H]2c2cc(C)n(-c3ccccc3F)c2C)ccc1NS(C)(=O)=O. The Morgan fingerprint density at radius 1 is 1.03 bits per heavy atom. The number of hydrogen-bond acceptors (Lipinski definition) is 4. The highest BCUT2D eigenvalue weighted by Crippen LogP contribution is 2.44. The number of rotatable bonds is 6. The molecule has 4 aromatic rings. The van der Waals surface area contributed by atoms with Crippen LogP contribution in [0.1, 0.15) is 40.3 Å². The number of nitrogens with zero attached hydrogens (tertiary/aromatic N) is 3. The Kier molecular flexibility index (Phi) is 6.70. The molecule has 1 saturated heterocycles. The minimum atomic E-state index is -3.42. The number of halogens is 1. The summed E-state index contributed by atoms with van der Waals surface area (Å²) in [7, 11) is -3.42. The Morgan fingerprint density at radius 2 is 1.76 bits per heavy atom. The lowest BCUT2D eigenvalue weighted by atomic mass is 9.96. The van der Waals surface area contributed by atoms with Crippen molar-refractivity contribution in [3.8, 4) is 5.69 Å². The van der Waals surface area contributed by atoms with Gasteiger partial charge < -0.3 is 14.8 Å². The van der Waals surface area contributed by atoms with Crippen molar-refractivity contribution >= 4 is 38.7 Å². The number of anilines is 2. The molecule has 5 rings (SSSR count). The summed E-state index contributed by atoms with van der Waals surface area (Å²) in [4.78, 5) is 6.64. The first-order valence-electron chi connectivity index (χ1n) is 12.1. The molecule has 38 heavy (non-hydrogen) atoms. The molecule has 2 aromatic heterocycles. The predicted molar refractivity (Wildman–Crippen MR) is 153 cm³/mol. The third kappa shape index (κ3) is 4.77. The molecule has 2 N–H and O–H groups in total. The van der Waals surface area contributed by atoms with Crippen molar-refractivity contribution in [2.45, 2.75) is 32.9 Å². The van der Waals surface area contributed by atoms with Gasteiger partial charge in [-0.15, -0.1) is 0 Å². The van der Waals surface area contributed by atoms with E-state index in [4.69, 9.17) is 12.2 Å². The molecule has 0 bridgehead atoms. The van der Waals surface area contributed by atoms with E-state index in [0.29, 0.717) is 16.5 Å². The Hall–Kier alpha value is -3.76. The van der Waals surface area contributed by atoms with E-state index in [9.17, 15) is 12.8 Å². The molecule has 10 heteroatoms. The second-order valence-corrected chi connectivity index (χ2v) is 11.6. The molecule has 1 aliphatic heterocycles. The van der Waals surface area contributed by atoms with Crippen LogP contribution < -0.4 is 14.9 Å². The number of nitrogens with one attached hydrogen (secondary N) is 2. The molecule has 3 heterocycles. The van der Waals surface area contributed by atoms with E-state index in [2.05, 4.69) is 21.1 Å². The second-order valence-electron chi connectivity index (χ2n) is 9.48. The molecule has 0 radical (unpaired) electrons. The maximum absolute atomic E-state index is 14.8. The van der Waals surface area contributed by atoms with Gasteiger partial charge in [-0.1, -0.05) is 18.2 Å². The fourth-order valence-electron chi connectivity index (χ4n) is 5.15. The quantitative estimate of drug-likeness (QED) is 0.310. The fraction of sp³-hybridized carbons (Fsp3) is 0.214. The standard InChI is InChI=1S/C28H28FN5O2S2/c1-17-15-20(12-13-23(17)32-38(4,35)36)34-27(26(31-28(34)37)24-10-7-8-14-30-24)21-16-18(2)33(19(21)3)25-11-6-5-9-22(25)29/h5-16,26-27,32H,1-4H3,(H,31,37)/t26-,27-/m0/s1. The van der Waals surface area contributed by atoms with Crippen molar-refractivity contribution in [2.24, 2.45) is 0 Å². The van der Waals surface area contributed by atoms with Crippen LogP contribution in [0.5, 0.6) is 0 Å². The Morgan fingerprint density at radius 3 is 2.42 bits per heavy atom. The van der Waals surface area contributed by atoms with Gasteiger partial charge in [-0.05, 0) is 92.6 Å². The van der Waals surface area contributed by atoms with E-state index < -0.39 is 10.0 Å². The minimum Gasteiger partial charge on any atom is -0.351 e. The number of sulfonamides is 1. The number of hydrogen-bond donors (Lipinski definition) is 2. The van der Waals surface area contributed by atoms with Gasteiger partial charge in [0.1, 0.15) is 5.82 Å². The number of aryl methyl sites for hydroxylation is 2. The van der Waals surface area contributed by atoms with Crippen LogP contribution in [-0.4, -0.2) is 29.3 Å².